The molecule has 0 saturated heterocycles. The molecule has 2 unspecified atom stereocenters. The van der Waals surface area contributed by atoms with Crippen molar-refractivity contribution in [1.29, 1.82) is 0 Å². The van der Waals surface area contributed by atoms with E-state index in [9.17, 15) is 13.9 Å². The molecule has 0 bridgehead atoms. The van der Waals surface area contributed by atoms with Gasteiger partial charge in [0.05, 0.1) is 17.8 Å². The summed E-state index contributed by atoms with van der Waals surface area (Å²) in [7, 11) is 5.42. The Morgan fingerprint density at radius 3 is 2.77 bits per heavy atom. The number of phenolic OH excluding ortho intramolecular Hbond substituents is 1. The van der Waals surface area contributed by atoms with Gasteiger partial charge in [0, 0.05) is 37.5 Å². The number of hydrogen-bond donors (Lipinski definition) is 2. The highest BCUT2D eigenvalue weighted by Crippen LogP contribution is 2.39. The molecule has 160 valence electrons. The van der Waals surface area contributed by atoms with Crippen LogP contribution in [0, 0.1) is 5.82 Å². The summed E-state index contributed by atoms with van der Waals surface area (Å²) in [5.41, 5.74) is 1.08. The first-order valence-electron chi connectivity index (χ1n) is 9.77. The maximum atomic E-state index is 14.7. The molecule has 4 rings (SSSR count). The number of aryl methyl sites for hydroxylation is 1. The zero-order valence-corrected chi connectivity index (χ0v) is 17.8. The lowest BCUT2D eigenvalue weighted by Gasteiger charge is -2.37. The molecule has 1 aliphatic rings. The molecule has 0 radical (unpaired) electrons. The van der Waals surface area contributed by atoms with Crippen molar-refractivity contribution in [3.63, 3.8) is 0 Å². The quantitative estimate of drug-likeness (QED) is 0.641. The van der Waals surface area contributed by atoms with E-state index in [1.165, 1.54) is 29.7 Å². The number of alkyl halides is 1. The minimum Gasteiger partial charge on any atom is -0.507 e. The van der Waals surface area contributed by atoms with Gasteiger partial charge in [0.2, 0.25) is 5.13 Å². The van der Waals surface area contributed by atoms with Crippen molar-refractivity contribution < 1.29 is 13.9 Å². The SMILES string of the molecule is CNC1CCC(F)[C@@H](N(C)c2nnc(-c3cc(F)c(-c4cnn(C)c4)cc3O)s2)C1. The molecule has 1 saturated carbocycles. The molecule has 10 heteroatoms. The van der Waals surface area contributed by atoms with Gasteiger partial charge in [-0.15, -0.1) is 10.2 Å². The molecular weight excluding hydrogens is 410 g/mol. The third-order valence-electron chi connectivity index (χ3n) is 5.69. The van der Waals surface area contributed by atoms with E-state index in [0.29, 0.717) is 28.5 Å². The summed E-state index contributed by atoms with van der Waals surface area (Å²) in [6.45, 7) is 0. The monoisotopic (exact) mass is 434 g/mol. The second-order valence-electron chi connectivity index (χ2n) is 7.63. The van der Waals surface area contributed by atoms with Gasteiger partial charge in [-0.3, -0.25) is 4.68 Å². The van der Waals surface area contributed by atoms with E-state index in [2.05, 4.69) is 20.6 Å². The molecule has 3 aromatic rings. The fourth-order valence-electron chi connectivity index (χ4n) is 3.90. The molecule has 0 amide bonds. The van der Waals surface area contributed by atoms with Gasteiger partial charge in [0.25, 0.3) is 0 Å². The molecule has 0 aliphatic heterocycles. The Balaban J connectivity index is 1.60. The van der Waals surface area contributed by atoms with Gasteiger partial charge in [0.1, 0.15) is 17.7 Å². The largest absolute Gasteiger partial charge is 0.507 e. The maximum absolute atomic E-state index is 14.7. The van der Waals surface area contributed by atoms with Crippen LogP contribution in [0.25, 0.3) is 21.7 Å². The van der Waals surface area contributed by atoms with Gasteiger partial charge < -0.3 is 15.3 Å². The number of anilines is 1. The normalized spacial score (nSPS) is 21.7. The van der Waals surface area contributed by atoms with Crippen molar-refractivity contribution in [2.75, 3.05) is 19.0 Å². The maximum Gasteiger partial charge on any atom is 0.208 e. The van der Waals surface area contributed by atoms with Crippen LogP contribution in [0.3, 0.4) is 0 Å². The number of rotatable bonds is 5. The van der Waals surface area contributed by atoms with Crippen molar-refractivity contribution in [2.24, 2.45) is 7.05 Å². The van der Waals surface area contributed by atoms with E-state index >= 15 is 0 Å². The number of nitrogens with one attached hydrogen (secondary N) is 1. The molecule has 2 N–H and O–H groups in total. The highest BCUT2D eigenvalue weighted by atomic mass is 32.1. The van der Waals surface area contributed by atoms with Gasteiger partial charge in [-0.05, 0) is 38.4 Å². The number of halogens is 2. The van der Waals surface area contributed by atoms with Crippen molar-refractivity contribution in [3.8, 4) is 27.4 Å². The number of aromatic nitrogens is 4. The van der Waals surface area contributed by atoms with E-state index in [0.717, 1.165) is 6.42 Å². The Labute approximate surface area is 177 Å². The lowest BCUT2D eigenvalue weighted by Crippen LogP contribution is -2.48. The van der Waals surface area contributed by atoms with Crippen LogP contribution < -0.4 is 10.2 Å². The van der Waals surface area contributed by atoms with Crippen molar-refractivity contribution >= 4 is 16.5 Å². The van der Waals surface area contributed by atoms with Crippen LogP contribution >= 0.6 is 11.3 Å². The van der Waals surface area contributed by atoms with Gasteiger partial charge in [-0.1, -0.05) is 11.3 Å². The fourth-order valence-corrected chi connectivity index (χ4v) is 4.79. The summed E-state index contributed by atoms with van der Waals surface area (Å²) in [4.78, 5) is 1.80. The molecule has 7 nitrogen and oxygen atoms in total. The Hall–Kier alpha value is -2.59. The van der Waals surface area contributed by atoms with Crippen molar-refractivity contribution in [1.82, 2.24) is 25.3 Å². The lowest BCUT2D eigenvalue weighted by molar-refractivity contribution is 0.189. The summed E-state index contributed by atoms with van der Waals surface area (Å²) in [6, 6.07) is 2.56. The van der Waals surface area contributed by atoms with Gasteiger partial charge >= 0.3 is 0 Å². The van der Waals surface area contributed by atoms with E-state index in [-0.39, 0.29) is 29.0 Å². The van der Waals surface area contributed by atoms with Gasteiger partial charge in [-0.2, -0.15) is 5.10 Å². The molecule has 2 aromatic heterocycles. The summed E-state index contributed by atoms with van der Waals surface area (Å²) in [5, 5.41) is 27.0. The Morgan fingerprint density at radius 1 is 1.27 bits per heavy atom. The van der Waals surface area contributed by atoms with Crippen molar-refractivity contribution in [2.45, 2.75) is 37.5 Å². The van der Waals surface area contributed by atoms with E-state index < -0.39 is 12.0 Å². The second-order valence-corrected chi connectivity index (χ2v) is 8.59. The highest BCUT2D eigenvalue weighted by molar-refractivity contribution is 7.18. The molecule has 3 atom stereocenters. The first kappa shape index (κ1) is 20.7. The Bertz CT molecular complexity index is 1040. The van der Waals surface area contributed by atoms with Crippen LogP contribution in [0.1, 0.15) is 19.3 Å². The summed E-state index contributed by atoms with van der Waals surface area (Å²) >= 11 is 1.20. The third-order valence-corrected chi connectivity index (χ3v) is 6.73. The minimum atomic E-state index is -0.948. The van der Waals surface area contributed by atoms with E-state index in [1.807, 2.05) is 7.05 Å². The fraction of sp³-hybridized carbons (Fsp3) is 0.450. The Kier molecular flexibility index (Phi) is 5.70. The van der Waals surface area contributed by atoms with E-state index in [4.69, 9.17) is 0 Å². The predicted molar refractivity (Wildman–Crippen MR) is 113 cm³/mol. The molecule has 1 fully saturated rings. The van der Waals surface area contributed by atoms with Crippen LogP contribution in [-0.4, -0.2) is 57.4 Å². The van der Waals surface area contributed by atoms with Gasteiger partial charge in [0.15, 0.2) is 5.01 Å². The zero-order chi connectivity index (χ0) is 21.4. The van der Waals surface area contributed by atoms with Crippen LogP contribution in [-0.2, 0) is 7.05 Å². The first-order chi connectivity index (χ1) is 14.4. The molecule has 2 heterocycles. The number of phenols is 1. The van der Waals surface area contributed by atoms with Crippen LogP contribution in [0.5, 0.6) is 5.75 Å². The highest BCUT2D eigenvalue weighted by Gasteiger charge is 2.34. The van der Waals surface area contributed by atoms with E-state index in [1.54, 1.807) is 29.9 Å². The summed E-state index contributed by atoms with van der Waals surface area (Å²) in [5.74, 6) is -0.592. The average Bonchev–Trinajstić information content (AvgIpc) is 3.38. The summed E-state index contributed by atoms with van der Waals surface area (Å²) < 4.78 is 30.8. The summed E-state index contributed by atoms with van der Waals surface area (Å²) in [6.07, 6.45) is 4.23. The van der Waals surface area contributed by atoms with Crippen molar-refractivity contribution in [3.05, 3.63) is 30.3 Å². The number of benzene rings is 1. The Morgan fingerprint density at radius 2 is 2.07 bits per heavy atom. The predicted octanol–water partition coefficient (Wildman–Crippen LogP) is 3.37. The topological polar surface area (TPSA) is 79.1 Å². The average molecular weight is 435 g/mol. The smallest absolute Gasteiger partial charge is 0.208 e. The zero-order valence-electron chi connectivity index (χ0n) is 17.0. The number of aromatic hydroxyl groups is 1. The van der Waals surface area contributed by atoms with Gasteiger partial charge in [-0.25, -0.2) is 8.78 Å². The number of nitrogens with zero attached hydrogens (tertiary/aromatic N) is 5. The van der Waals surface area contributed by atoms with Crippen LogP contribution in [0.2, 0.25) is 0 Å². The first-order valence-corrected chi connectivity index (χ1v) is 10.6. The third kappa shape index (κ3) is 3.89. The molecule has 30 heavy (non-hydrogen) atoms. The molecule has 0 spiro atoms. The lowest BCUT2D eigenvalue weighted by atomic mass is 9.89. The molecule has 1 aromatic carbocycles. The van der Waals surface area contributed by atoms with Crippen LogP contribution in [0.15, 0.2) is 24.5 Å². The standard InChI is InChI=1S/C20H24F2N6OS/c1-23-12-4-5-15(21)17(6-12)28(3)20-26-25-19(30-20)14-7-16(22)13(8-18(14)29)11-9-24-27(2)10-11/h7-10,12,15,17,23,29H,4-6H2,1-3H3/t12?,15?,17-/m0/s1. The number of hydrogen-bond acceptors (Lipinski definition) is 7. The minimum absolute atomic E-state index is 0.100. The second kappa shape index (κ2) is 8.27. The molecule has 1 aliphatic carbocycles. The van der Waals surface area contributed by atoms with Crippen LogP contribution in [0.4, 0.5) is 13.9 Å². The molecular formula is C20H24F2N6OS.